The fourth-order valence-electron chi connectivity index (χ4n) is 2.57. The van der Waals surface area contributed by atoms with Crippen LogP contribution in [0, 0.1) is 0 Å². The molecule has 6 nitrogen and oxygen atoms in total. The molecular formula is C14H33N3O3Si. The minimum Gasteiger partial charge on any atom is -0.377 e. The fraction of sp³-hybridized carbons (Fsp3) is 1.00. The van der Waals surface area contributed by atoms with E-state index in [1.54, 1.807) is 14.2 Å². The van der Waals surface area contributed by atoms with Crippen LogP contribution < -0.4 is 10.6 Å². The summed E-state index contributed by atoms with van der Waals surface area (Å²) in [5.41, 5.74) is 0. The molecule has 0 spiro atoms. The Hall–Kier alpha value is -0.0231. The maximum absolute atomic E-state index is 6.03. The third kappa shape index (κ3) is 7.69. The Balaban J connectivity index is 2.19. The van der Waals surface area contributed by atoms with Crippen LogP contribution in [0.4, 0.5) is 0 Å². The highest BCUT2D eigenvalue weighted by Gasteiger charge is 2.38. The van der Waals surface area contributed by atoms with E-state index in [9.17, 15) is 0 Å². The van der Waals surface area contributed by atoms with Crippen LogP contribution in [-0.2, 0) is 13.3 Å². The minimum atomic E-state index is -2.44. The van der Waals surface area contributed by atoms with Gasteiger partial charge in [0, 0.05) is 59.6 Å². The van der Waals surface area contributed by atoms with Gasteiger partial charge in [-0.25, -0.2) is 0 Å². The average molecular weight is 320 g/mol. The molecule has 0 radical (unpaired) electrons. The van der Waals surface area contributed by atoms with Gasteiger partial charge < -0.3 is 28.8 Å². The zero-order chi connectivity index (χ0) is 15.4. The van der Waals surface area contributed by atoms with Gasteiger partial charge in [0.15, 0.2) is 0 Å². The van der Waals surface area contributed by atoms with E-state index in [0.29, 0.717) is 0 Å². The van der Waals surface area contributed by atoms with E-state index in [-0.39, 0.29) is 0 Å². The van der Waals surface area contributed by atoms with Gasteiger partial charge in [0.05, 0.1) is 0 Å². The number of nitrogens with one attached hydrogen (secondary N) is 2. The lowest BCUT2D eigenvalue weighted by Gasteiger charge is -2.29. The third-order valence-corrected chi connectivity index (χ3v) is 6.79. The summed E-state index contributed by atoms with van der Waals surface area (Å²) in [4.78, 5) is 2.48. The lowest BCUT2D eigenvalue weighted by molar-refractivity contribution is 0.0914. The Morgan fingerprint density at radius 2 is 1.81 bits per heavy atom. The van der Waals surface area contributed by atoms with Crippen molar-refractivity contribution in [2.45, 2.75) is 25.3 Å². The Morgan fingerprint density at radius 1 is 1.10 bits per heavy atom. The predicted molar refractivity (Wildman–Crippen MR) is 87.6 cm³/mol. The van der Waals surface area contributed by atoms with Crippen LogP contribution in [0.3, 0.4) is 0 Å². The molecule has 126 valence electrons. The van der Waals surface area contributed by atoms with Crippen molar-refractivity contribution in [1.29, 1.82) is 0 Å². The Morgan fingerprint density at radius 3 is 2.43 bits per heavy atom. The minimum absolute atomic E-state index is 0.726. The quantitative estimate of drug-likeness (QED) is 0.404. The Kier molecular flexibility index (Phi) is 10.4. The lowest BCUT2D eigenvalue weighted by atomic mass is 10.3. The second-order valence-electron chi connectivity index (χ2n) is 5.45. The summed E-state index contributed by atoms with van der Waals surface area (Å²) in [6.07, 6.45) is 3.24. The van der Waals surface area contributed by atoms with Gasteiger partial charge in [-0.15, -0.1) is 0 Å². The SMILES string of the molecule is CNCCCC[Si](OC)(OC)OCCCN1CCNCC1. The monoisotopic (exact) mass is 319 g/mol. The molecule has 7 heteroatoms. The summed E-state index contributed by atoms with van der Waals surface area (Å²) in [6.45, 7) is 7.33. The van der Waals surface area contributed by atoms with Crippen LogP contribution in [0.1, 0.15) is 19.3 Å². The molecule has 0 aliphatic carbocycles. The van der Waals surface area contributed by atoms with Crippen molar-refractivity contribution < 1.29 is 13.3 Å². The van der Waals surface area contributed by atoms with Crippen LogP contribution in [-0.4, -0.2) is 80.8 Å². The summed E-state index contributed by atoms with van der Waals surface area (Å²) < 4.78 is 17.3. The summed E-state index contributed by atoms with van der Waals surface area (Å²) in [5.74, 6) is 0. The Bertz CT molecular complexity index is 250. The van der Waals surface area contributed by atoms with E-state index in [4.69, 9.17) is 13.3 Å². The predicted octanol–water partition coefficient (Wildman–Crippen LogP) is 0.530. The molecule has 0 unspecified atom stereocenters. The summed E-state index contributed by atoms with van der Waals surface area (Å²) in [7, 11) is 2.96. The number of unbranched alkanes of at least 4 members (excludes halogenated alkanes) is 1. The van der Waals surface area contributed by atoms with Gasteiger partial charge in [0.25, 0.3) is 0 Å². The van der Waals surface area contributed by atoms with Crippen LogP contribution in [0.25, 0.3) is 0 Å². The lowest BCUT2D eigenvalue weighted by Crippen LogP contribution is -2.46. The van der Waals surface area contributed by atoms with Crippen molar-refractivity contribution in [2.75, 3.05) is 67.1 Å². The van der Waals surface area contributed by atoms with Gasteiger partial charge in [-0.3, -0.25) is 0 Å². The van der Waals surface area contributed by atoms with Gasteiger partial charge in [-0.05, 0) is 32.9 Å². The number of piperazine rings is 1. The maximum Gasteiger partial charge on any atom is 0.500 e. The molecule has 1 saturated heterocycles. The van der Waals surface area contributed by atoms with Gasteiger partial charge in [-0.2, -0.15) is 0 Å². The topological polar surface area (TPSA) is 55.0 Å². The summed E-state index contributed by atoms with van der Waals surface area (Å²) >= 11 is 0. The maximum atomic E-state index is 6.03. The standard InChI is InChI=1S/C14H33N3O3Si/c1-15-7-4-5-14-21(18-2,19-3)20-13-6-10-17-11-8-16-9-12-17/h15-16H,4-14H2,1-3H3. The van der Waals surface area contributed by atoms with Crippen molar-refractivity contribution in [3.05, 3.63) is 0 Å². The molecule has 1 heterocycles. The molecule has 1 aliphatic heterocycles. The second-order valence-corrected chi connectivity index (χ2v) is 8.42. The first-order chi connectivity index (χ1) is 10.3. The van der Waals surface area contributed by atoms with Crippen LogP contribution in [0.5, 0.6) is 0 Å². The molecule has 0 aromatic carbocycles. The molecule has 0 amide bonds. The molecule has 0 saturated carbocycles. The van der Waals surface area contributed by atoms with Gasteiger partial charge in [0.1, 0.15) is 0 Å². The third-order valence-electron chi connectivity index (χ3n) is 3.93. The molecule has 0 atom stereocenters. The highest BCUT2D eigenvalue weighted by molar-refractivity contribution is 6.60. The number of nitrogens with zero attached hydrogens (tertiary/aromatic N) is 1. The van der Waals surface area contributed by atoms with Crippen molar-refractivity contribution >= 4 is 8.80 Å². The molecule has 1 aliphatic rings. The largest absolute Gasteiger partial charge is 0.500 e. The van der Waals surface area contributed by atoms with E-state index in [1.807, 2.05) is 7.05 Å². The summed E-state index contributed by atoms with van der Waals surface area (Å²) in [6, 6.07) is 0.898. The number of hydrogen-bond acceptors (Lipinski definition) is 6. The normalized spacial score (nSPS) is 17.3. The molecule has 0 bridgehead atoms. The first-order valence-electron chi connectivity index (χ1n) is 8.08. The number of hydrogen-bond donors (Lipinski definition) is 2. The highest BCUT2D eigenvalue weighted by Crippen LogP contribution is 2.17. The molecule has 0 aromatic rings. The zero-order valence-corrected chi connectivity index (χ0v) is 15.0. The molecule has 2 N–H and O–H groups in total. The van der Waals surface area contributed by atoms with Gasteiger partial charge in [0.2, 0.25) is 0 Å². The Labute approximate surface area is 130 Å². The number of rotatable bonds is 12. The van der Waals surface area contributed by atoms with Crippen molar-refractivity contribution in [1.82, 2.24) is 15.5 Å². The molecule has 1 fully saturated rings. The smallest absolute Gasteiger partial charge is 0.377 e. The second kappa shape index (κ2) is 11.5. The van der Waals surface area contributed by atoms with Gasteiger partial charge in [-0.1, -0.05) is 0 Å². The van der Waals surface area contributed by atoms with Crippen molar-refractivity contribution in [3.8, 4) is 0 Å². The first kappa shape index (κ1) is 19.0. The van der Waals surface area contributed by atoms with E-state index in [2.05, 4.69) is 15.5 Å². The van der Waals surface area contributed by atoms with E-state index < -0.39 is 8.80 Å². The van der Waals surface area contributed by atoms with Crippen molar-refractivity contribution in [2.24, 2.45) is 0 Å². The van der Waals surface area contributed by atoms with Gasteiger partial charge >= 0.3 is 8.80 Å². The van der Waals surface area contributed by atoms with Crippen LogP contribution >= 0.6 is 0 Å². The van der Waals surface area contributed by atoms with E-state index >= 15 is 0 Å². The molecule has 0 aromatic heterocycles. The highest BCUT2D eigenvalue weighted by atomic mass is 28.4. The van der Waals surface area contributed by atoms with Crippen LogP contribution in [0.2, 0.25) is 6.04 Å². The first-order valence-corrected chi connectivity index (χ1v) is 10.0. The average Bonchev–Trinajstić information content (AvgIpc) is 2.55. The van der Waals surface area contributed by atoms with E-state index in [0.717, 1.165) is 71.2 Å². The molecule has 21 heavy (non-hydrogen) atoms. The summed E-state index contributed by atoms with van der Waals surface area (Å²) in [5, 5.41) is 6.53. The zero-order valence-electron chi connectivity index (χ0n) is 14.0. The van der Waals surface area contributed by atoms with Crippen molar-refractivity contribution in [3.63, 3.8) is 0 Å². The molecular weight excluding hydrogens is 286 g/mol. The molecule has 1 rings (SSSR count). The fourth-order valence-corrected chi connectivity index (χ4v) is 4.66. The van der Waals surface area contributed by atoms with Crippen LogP contribution in [0.15, 0.2) is 0 Å². The van der Waals surface area contributed by atoms with E-state index in [1.165, 1.54) is 0 Å².